The number of hydrogen-bond donors (Lipinski definition) is 1. The van der Waals surface area contributed by atoms with E-state index in [4.69, 9.17) is 14.0 Å². The van der Waals surface area contributed by atoms with Crippen molar-refractivity contribution in [2.45, 2.75) is 19.1 Å². The fraction of sp³-hybridized carbons (Fsp3) is 0.333. The van der Waals surface area contributed by atoms with Gasteiger partial charge in [0, 0.05) is 0 Å². The van der Waals surface area contributed by atoms with Crippen molar-refractivity contribution in [3.05, 3.63) is 36.0 Å². The second kappa shape index (κ2) is 4.30. The third-order valence-electron chi connectivity index (χ3n) is 2.61. The molecule has 2 unspecified atom stereocenters. The Kier molecular flexibility index (Phi) is 2.64. The highest BCUT2D eigenvalue weighted by Gasteiger charge is 2.27. The molecule has 1 aromatic heterocycles. The largest absolute Gasteiger partial charge is 0.485 e. The Hall–Kier alpha value is -2.08. The van der Waals surface area contributed by atoms with Crippen LogP contribution in [0, 0.1) is 0 Å². The SMILES string of the molecule is CC(O)c1nc(C2COc3ccccc3O2)no1. The normalized spacial score (nSPS) is 19.6. The lowest BCUT2D eigenvalue weighted by Crippen LogP contribution is -2.22. The minimum absolute atomic E-state index is 0.174. The molecule has 6 nitrogen and oxygen atoms in total. The number of aliphatic hydroxyl groups is 1. The fourth-order valence-corrected chi connectivity index (χ4v) is 1.69. The van der Waals surface area contributed by atoms with E-state index in [0.29, 0.717) is 23.9 Å². The quantitative estimate of drug-likeness (QED) is 0.870. The Labute approximate surface area is 103 Å². The van der Waals surface area contributed by atoms with Gasteiger partial charge in [0.25, 0.3) is 5.89 Å². The average Bonchev–Trinajstić information content (AvgIpc) is 2.88. The maximum Gasteiger partial charge on any atom is 0.255 e. The van der Waals surface area contributed by atoms with Crippen LogP contribution < -0.4 is 9.47 Å². The summed E-state index contributed by atoms with van der Waals surface area (Å²) in [6.07, 6.45) is -1.21. The van der Waals surface area contributed by atoms with Gasteiger partial charge in [0.15, 0.2) is 17.6 Å². The first-order valence-corrected chi connectivity index (χ1v) is 5.64. The van der Waals surface area contributed by atoms with Gasteiger partial charge in [0.1, 0.15) is 12.7 Å². The second-order valence-corrected chi connectivity index (χ2v) is 4.03. The average molecular weight is 248 g/mol. The van der Waals surface area contributed by atoms with Crippen molar-refractivity contribution < 1.29 is 19.1 Å². The van der Waals surface area contributed by atoms with Crippen molar-refractivity contribution in [3.8, 4) is 11.5 Å². The molecular weight excluding hydrogens is 236 g/mol. The predicted molar refractivity (Wildman–Crippen MR) is 60.2 cm³/mol. The van der Waals surface area contributed by atoms with Crippen LogP contribution in [0.3, 0.4) is 0 Å². The molecule has 0 saturated heterocycles. The van der Waals surface area contributed by atoms with Crippen LogP contribution in [0.4, 0.5) is 0 Å². The number of rotatable bonds is 2. The third kappa shape index (κ3) is 1.91. The molecule has 94 valence electrons. The molecule has 1 aromatic carbocycles. The summed E-state index contributed by atoms with van der Waals surface area (Å²) in [7, 11) is 0. The van der Waals surface area contributed by atoms with Crippen LogP contribution in [0.25, 0.3) is 0 Å². The lowest BCUT2D eigenvalue weighted by molar-refractivity contribution is 0.0831. The zero-order chi connectivity index (χ0) is 12.5. The number of hydrogen-bond acceptors (Lipinski definition) is 6. The summed E-state index contributed by atoms with van der Waals surface area (Å²) in [5.41, 5.74) is 0. The van der Waals surface area contributed by atoms with E-state index in [2.05, 4.69) is 10.1 Å². The highest BCUT2D eigenvalue weighted by atomic mass is 16.6. The van der Waals surface area contributed by atoms with E-state index in [-0.39, 0.29) is 5.89 Å². The monoisotopic (exact) mass is 248 g/mol. The molecule has 1 aliphatic rings. The number of fused-ring (bicyclic) bond motifs is 1. The number of ether oxygens (including phenoxy) is 2. The molecule has 0 amide bonds. The summed E-state index contributed by atoms with van der Waals surface area (Å²) in [4.78, 5) is 4.07. The van der Waals surface area contributed by atoms with Crippen LogP contribution in [-0.2, 0) is 0 Å². The Balaban J connectivity index is 1.83. The van der Waals surface area contributed by atoms with Crippen LogP contribution in [-0.4, -0.2) is 21.9 Å². The fourth-order valence-electron chi connectivity index (χ4n) is 1.69. The minimum atomic E-state index is -0.789. The maximum absolute atomic E-state index is 9.32. The molecule has 0 spiro atoms. The molecule has 0 radical (unpaired) electrons. The van der Waals surface area contributed by atoms with Crippen LogP contribution in [0.15, 0.2) is 28.8 Å². The van der Waals surface area contributed by atoms with Crippen LogP contribution in [0.1, 0.15) is 30.8 Å². The van der Waals surface area contributed by atoms with Crippen molar-refractivity contribution >= 4 is 0 Å². The van der Waals surface area contributed by atoms with Crippen LogP contribution >= 0.6 is 0 Å². The Bertz CT molecular complexity index is 553. The number of aliphatic hydroxyl groups excluding tert-OH is 1. The van der Waals surface area contributed by atoms with Gasteiger partial charge in [0.05, 0.1) is 0 Å². The molecule has 6 heteroatoms. The molecule has 1 N–H and O–H groups in total. The number of nitrogens with zero attached hydrogens (tertiary/aromatic N) is 2. The van der Waals surface area contributed by atoms with Gasteiger partial charge in [-0.15, -0.1) is 0 Å². The summed E-state index contributed by atoms with van der Waals surface area (Å²) in [6.45, 7) is 1.88. The zero-order valence-electron chi connectivity index (χ0n) is 9.74. The van der Waals surface area contributed by atoms with Gasteiger partial charge in [0.2, 0.25) is 5.82 Å². The molecule has 1 aliphatic heterocycles. The highest BCUT2D eigenvalue weighted by molar-refractivity contribution is 5.40. The first-order chi connectivity index (χ1) is 8.74. The molecule has 0 fully saturated rings. The van der Waals surface area contributed by atoms with E-state index in [0.717, 1.165) is 0 Å². The lowest BCUT2D eigenvalue weighted by Gasteiger charge is -2.24. The lowest BCUT2D eigenvalue weighted by atomic mass is 10.2. The van der Waals surface area contributed by atoms with Gasteiger partial charge in [-0.3, -0.25) is 0 Å². The maximum atomic E-state index is 9.32. The van der Waals surface area contributed by atoms with E-state index in [1.54, 1.807) is 6.92 Å². The van der Waals surface area contributed by atoms with Gasteiger partial charge in [-0.05, 0) is 19.1 Å². The second-order valence-electron chi connectivity index (χ2n) is 4.03. The Morgan fingerprint density at radius 2 is 2.11 bits per heavy atom. The molecule has 0 aliphatic carbocycles. The molecule has 2 heterocycles. The van der Waals surface area contributed by atoms with Gasteiger partial charge in [-0.2, -0.15) is 4.98 Å². The molecule has 3 rings (SSSR count). The van der Waals surface area contributed by atoms with Crippen molar-refractivity contribution in [2.75, 3.05) is 6.61 Å². The first-order valence-electron chi connectivity index (χ1n) is 5.64. The van der Waals surface area contributed by atoms with Gasteiger partial charge in [-0.1, -0.05) is 17.3 Å². The van der Waals surface area contributed by atoms with Gasteiger partial charge < -0.3 is 19.1 Å². The standard InChI is InChI=1S/C12H12N2O4/c1-7(15)12-13-11(14-18-12)10-6-16-8-4-2-3-5-9(8)17-10/h2-5,7,10,15H,6H2,1H3. The van der Waals surface area contributed by atoms with E-state index >= 15 is 0 Å². The van der Waals surface area contributed by atoms with Crippen molar-refractivity contribution in [2.24, 2.45) is 0 Å². The smallest absolute Gasteiger partial charge is 0.255 e. The van der Waals surface area contributed by atoms with Crippen molar-refractivity contribution in [3.63, 3.8) is 0 Å². The summed E-state index contributed by atoms with van der Waals surface area (Å²) >= 11 is 0. The topological polar surface area (TPSA) is 77.6 Å². The summed E-state index contributed by atoms with van der Waals surface area (Å²) < 4.78 is 16.2. The van der Waals surface area contributed by atoms with Crippen LogP contribution in [0.2, 0.25) is 0 Å². The predicted octanol–water partition coefficient (Wildman–Crippen LogP) is 1.64. The Morgan fingerprint density at radius 3 is 2.83 bits per heavy atom. The van der Waals surface area contributed by atoms with Crippen molar-refractivity contribution in [1.82, 2.24) is 10.1 Å². The molecular formula is C12H12N2O4. The number of para-hydroxylation sites is 2. The third-order valence-corrected chi connectivity index (χ3v) is 2.61. The van der Waals surface area contributed by atoms with Crippen LogP contribution in [0.5, 0.6) is 11.5 Å². The van der Waals surface area contributed by atoms with E-state index in [9.17, 15) is 5.11 Å². The van der Waals surface area contributed by atoms with E-state index in [1.165, 1.54) is 0 Å². The first kappa shape index (κ1) is 11.0. The molecule has 2 atom stereocenters. The van der Waals surface area contributed by atoms with E-state index in [1.807, 2.05) is 24.3 Å². The van der Waals surface area contributed by atoms with Crippen molar-refractivity contribution in [1.29, 1.82) is 0 Å². The molecule has 18 heavy (non-hydrogen) atoms. The van der Waals surface area contributed by atoms with Gasteiger partial charge in [-0.25, -0.2) is 0 Å². The zero-order valence-corrected chi connectivity index (χ0v) is 9.74. The van der Waals surface area contributed by atoms with Gasteiger partial charge >= 0.3 is 0 Å². The summed E-state index contributed by atoms with van der Waals surface area (Å²) in [5.74, 6) is 1.90. The number of benzene rings is 1. The molecule has 0 saturated carbocycles. The van der Waals surface area contributed by atoms with E-state index < -0.39 is 12.2 Å². The Morgan fingerprint density at radius 1 is 1.33 bits per heavy atom. The summed E-state index contributed by atoms with van der Waals surface area (Å²) in [6, 6.07) is 7.39. The molecule has 2 aromatic rings. The summed E-state index contributed by atoms with van der Waals surface area (Å²) in [5, 5.41) is 13.1. The highest BCUT2D eigenvalue weighted by Crippen LogP contribution is 2.35. The molecule has 0 bridgehead atoms. The number of aromatic nitrogens is 2. The minimum Gasteiger partial charge on any atom is -0.485 e.